The summed E-state index contributed by atoms with van der Waals surface area (Å²) in [5.41, 5.74) is 7.40. The molecule has 0 bridgehead atoms. The van der Waals surface area contributed by atoms with Crippen molar-refractivity contribution in [2.75, 3.05) is 26.7 Å². The number of rotatable bonds is 12. The Balaban J connectivity index is 0.000000849. The van der Waals surface area contributed by atoms with E-state index in [2.05, 4.69) is 24.5 Å². The van der Waals surface area contributed by atoms with Crippen molar-refractivity contribution < 1.29 is 24.7 Å². The van der Waals surface area contributed by atoms with Crippen molar-refractivity contribution in [2.24, 2.45) is 17.6 Å². The second kappa shape index (κ2) is 20.2. The molecule has 0 aliphatic heterocycles. The Morgan fingerprint density at radius 3 is 2.22 bits per heavy atom. The van der Waals surface area contributed by atoms with Gasteiger partial charge in [-0.15, -0.1) is 0 Å². The molecule has 2 rings (SSSR count). The second-order valence-corrected chi connectivity index (χ2v) is 8.87. The van der Waals surface area contributed by atoms with Gasteiger partial charge in [-0.2, -0.15) is 0 Å². The van der Waals surface area contributed by atoms with Crippen molar-refractivity contribution in [3.8, 4) is 0 Å². The third-order valence-electron chi connectivity index (χ3n) is 5.09. The van der Waals surface area contributed by atoms with Crippen LogP contribution in [-0.4, -0.2) is 54.8 Å². The maximum atomic E-state index is 12.2. The van der Waals surface area contributed by atoms with Crippen LogP contribution in [0.4, 0.5) is 0 Å². The minimum Gasteiger partial charge on any atom is -0.396 e. The van der Waals surface area contributed by atoms with Crippen molar-refractivity contribution in [1.82, 2.24) is 16.1 Å². The van der Waals surface area contributed by atoms with Crippen LogP contribution < -0.4 is 21.8 Å². The highest BCUT2D eigenvalue weighted by molar-refractivity contribution is 5.89. The Morgan fingerprint density at radius 2 is 1.69 bits per heavy atom. The zero-order valence-corrected chi connectivity index (χ0v) is 22.0. The summed E-state index contributed by atoms with van der Waals surface area (Å²) in [4.78, 5) is 34.4. The Labute approximate surface area is 214 Å². The van der Waals surface area contributed by atoms with Crippen molar-refractivity contribution in [1.29, 1.82) is 0 Å². The fraction of sp³-hybridized carbons (Fsp3) is 0.519. The monoisotopic (exact) mass is 504 g/mol. The Bertz CT molecular complexity index is 903. The van der Waals surface area contributed by atoms with Crippen LogP contribution in [0.5, 0.6) is 0 Å². The van der Waals surface area contributed by atoms with E-state index in [1.165, 1.54) is 18.3 Å². The van der Waals surface area contributed by atoms with Crippen molar-refractivity contribution in [3.63, 3.8) is 0 Å². The Morgan fingerprint density at radius 1 is 1.06 bits per heavy atom. The summed E-state index contributed by atoms with van der Waals surface area (Å²) in [6.07, 6.45) is 3.63. The summed E-state index contributed by atoms with van der Waals surface area (Å²) >= 11 is 0. The number of primary amides is 1. The van der Waals surface area contributed by atoms with Crippen LogP contribution in [-0.2, 0) is 20.8 Å². The predicted octanol–water partition coefficient (Wildman–Crippen LogP) is 2.53. The molecule has 0 saturated carbocycles. The molecule has 1 unspecified atom stereocenters. The number of aliphatic hydroxyl groups excluding tert-OH is 1. The minimum absolute atomic E-state index is 0.200. The van der Waals surface area contributed by atoms with E-state index in [4.69, 9.17) is 16.0 Å². The van der Waals surface area contributed by atoms with Gasteiger partial charge in [-0.25, -0.2) is 5.48 Å². The lowest BCUT2D eigenvalue weighted by molar-refractivity contribution is -0.135. The summed E-state index contributed by atoms with van der Waals surface area (Å²) in [7, 11) is 2.00. The highest BCUT2D eigenvalue weighted by atomic mass is 16.5. The quantitative estimate of drug-likeness (QED) is 0.148. The average Bonchev–Trinajstić information content (AvgIpc) is 2.87. The second-order valence-electron chi connectivity index (χ2n) is 8.87. The van der Waals surface area contributed by atoms with Crippen LogP contribution >= 0.6 is 0 Å². The maximum absolute atomic E-state index is 12.2. The summed E-state index contributed by atoms with van der Waals surface area (Å²) in [6.45, 7) is 7.64. The van der Waals surface area contributed by atoms with E-state index >= 15 is 0 Å². The van der Waals surface area contributed by atoms with Gasteiger partial charge in [-0.1, -0.05) is 63.2 Å². The minimum atomic E-state index is -0.724. The first-order valence-electron chi connectivity index (χ1n) is 12.4. The third kappa shape index (κ3) is 15.8. The molecule has 36 heavy (non-hydrogen) atoms. The Hall–Kier alpha value is -3.01. The molecule has 3 amide bonds. The van der Waals surface area contributed by atoms with E-state index in [0.717, 1.165) is 35.2 Å². The van der Waals surface area contributed by atoms with Crippen LogP contribution in [0.1, 0.15) is 52.0 Å². The number of aliphatic hydroxyl groups is 1. The van der Waals surface area contributed by atoms with Crippen molar-refractivity contribution in [2.45, 2.75) is 52.9 Å². The molecule has 0 aliphatic carbocycles. The van der Waals surface area contributed by atoms with Gasteiger partial charge < -0.3 is 21.5 Å². The van der Waals surface area contributed by atoms with Gasteiger partial charge in [0.2, 0.25) is 17.7 Å². The first-order valence-corrected chi connectivity index (χ1v) is 12.4. The molecule has 0 spiro atoms. The third-order valence-corrected chi connectivity index (χ3v) is 5.09. The number of carbonyl (C=O) groups is 3. The standard InChI is InChI=1S/C17H19N3O4.C7H17N.C3H8O/c18-15(21)10-19-17(23)14(9-16(22)20-24)8-11-5-6-12-3-1-2-4-13(12)7-11;1-7(2)5-4-6-8-3;1-2-3-4/h1-7,14,24H,8-10H2,(H2,18,21)(H,19,23)(H,20,22);7-8H,4-6H2,1-3H3;4H,2-3H2,1H3. The van der Waals surface area contributed by atoms with Gasteiger partial charge in [0.05, 0.1) is 12.5 Å². The molecule has 0 heterocycles. The molecule has 0 aliphatic rings. The molecular weight excluding hydrogens is 460 g/mol. The van der Waals surface area contributed by atoms with Gasteiger partial charge in [0.1, 0.15) is 0 Å². The molecule has 9 nitrogen and oxygen atoms in total. The highest BCUT2D eigenvalue weighted by Crippen LogP contribution is 2.19. The molecule has 0 aromatic heterocycles. The van der Waals surface area contributed by atoms with Crippen molar-refractivity contribution >= 4 is 28.5 Å². The number of amides is 3. The molecule has 2 aromatic rings. The fourth-order valence-electron chi connectivity index (χ4n) is 3.18. The number of hydrogen-bond donors (Lipinski definition) is 6. The van der Waals surface area contributed by atoms with E-state index in [1.807, 2.05) is 56.4 Å². The number of fused-ring (bicyclic) bond motifs is 1. The van der Waals surface area contributed by atoms with E-state index in [-0.39, 0.29) is 13.0 Å². The molecule has 2 aromatic carbocycles. The van der Waals surface area contributed by atoms with E-state index in [0.29, 0.717) is 13.0 Å². The molecule has 0 saturated heterocycles. The van der Waals surface area contributed by atoms with Crippen LogP contribution in [0, 0.1) is 11.8 Å². The van der Waals surface area contributed by atoms with Gasteiger partial charge in [0.25, 0.3) is 0 Å². The molecule has 0 fully saturated rings. The smallest absolute Gasteiger partial charge is 0.244 e. The summed E-state index contributed by atoms with van der Waals surface area (Å²) in [5.74, 6) is -1.67. The van der Waals surface area contributed by atoms with Crippen LogP contribution in [0.2, 0.25) is 0 Å². The number of hydroxylamine groups is 1. The SMILES string of the molecule is CCCO.CNCCCC(C)C.NC(=O)CNC(=O)C(CC(=O)NO)Cc1ccc2ccccc2c1. The zero-order chi connectivity index (χ0) is 27.3. The summed E-state index contributed by atoms with van der Waals surface area (Å²) in [5, 5.41) is 24.2. The zero-order valence-electron chi connectivity index (χ0n) is 22.0. The van der Waals surface area contributed by atoms with Gasteiger partial charge in [-0.3, -0.25) is 19.6 Å². The molecule has 0 radical (unpaired) electrons. The topological polar surface area (TPSA) is 154 Å². The molecule has 7 N–H and O–H groups in total. The number of nitrogens with two attached hydrogens (primary N) is 1. The number of hydrogen-bond acceptors (Lipinski definition) is 6. The Kier molecular flexibility index (Phi) is 18.5. The van der Waals surface area contributed by atoms with E-state index < -0.39 is 23.6 Å². The fourth-order valence-corrected chi connectivity index (χ4v) is 3.18. The molecule has 9 heteroatoms. The number of carbonyl (C=O) groups excluding carboxylic acids is 3. The first kappa shape index (κ1) is 33.0. The van der Waals surface area contributed by atoms with Gasteiger partial charge in [0.15, 0.2) is 0 Å². The largest absolute Gasteiger partial charge is 0.396 e. The van der Waals surface area contributed by atoms with Crippen molar-refractivity contribution in [3.05, 3.63) is 48.0 Å². The molecular formula is C27H44N4O5. The van der Waals surface area contributed by atoms with Crippen LogP contribution in [0.15, 0.2) is 42.5 Å². The van der Waals surface area contributed by atoms with E-state index in [9.17, 15) is 14.4 Å². The molecule has 1 atom stereocenters. The molecule has 202 valence electrons. The van der Waals surface area contributed by atoms with Gasteiger partial charge >= 0.3 is 0 Å². The first-order chi connectivity index (χ1) is 17.2. The highest BCUT2D eigenvalue weighted by Gasteiger charge is 2.22. The summed E-state index contributed by atoms with van der Waals surface area (Å²) < 4.78 is 0. The predicted molar refractivity (Wildman–Crippen MR) is 143 cm³/mol. The lowest BCUT2D eigenvalue weighted by atomic mass is 9.93. The lowest BCUT2D eigenvalue weighted by Gasteiger charge is -2.16. The van der Waals surface area contributed by atoms with E-state index in [1.54, 1.807) is 0 Å². The van der Waals surface area contributed by atoms with Crippen LogP contribution in [0.25, 0.3) is 10.8 Å². The average molecular weight is 505 g/mol. The normalized spacial score (nSPS) is 11.0. The van der Waals surface area contributed by atoms with Gasteiger partial charge in [-0.05, 0) is 61.5 Å². The maximum Gasteiger partial charge on any atom is 0.244 e. The number of benzene rings is 2. The lowest BCUT2D eigenvalue weighted by Crippen LogP contribution is -2.39. The van der Waals surface area contributed by atoms with Gasteiger partial charge in [0, 0.05) is 13.0 Å². The summed E-state index contributed by atoms with van der Waals surface area (Å²) in [6, 6.07) is 13.6. The van der Waals surface area contributed by atoms with Crippen LogP contribution in [0.3, 0.4) is 0 Å². The number of nitrogens with one attached hydrogen (secondary N) is 3.